The normalized spacial score (nSPS) is 12.8. The van der Waals surface area contributed by atoms with E-state index in [-0.39, 0.29) is 0 Å². The lowest BCUT2D eigenvalue weighted by molar-refractivity contribution is -0.141. The zero-order valence-corrected chi connectivity index (χ0v) is 16.0. The summed E-state index contributed by atoms with van der Waals surface area (Å²) in [5.74, 6) is -0.897. The molecular formula is C19H16ClF3N4O. The van der Waals surface area contributed by atoms with Crippen LogP contribution in [0, 0.1) is 0 Å². The molecule has 146 valence electrons. The molecule has 5 nitrogen and oxygen atoms in total. The van der Waals surface area contributed by atoms with E-state index < -0.39 is 23.3 Å². The van der Waals surface area contributed by atoms with Gasteiger partial charge in [-0.15, -0.1) is 0 Å². The Morgan fingerprint density at radius 1 is 1.21 bits per heavy atom. The van der Waals surface area contributed by atoms with Crippen LogP contribution in [0.4, 0.5) is 13.2 Å². The van der Waals surface area contributed by atoms with Crippen molar-refractivity contribution in [3.05, 3.63) is 64.2 Å². The maximum Gasteiger partial charge on any atom is 0.435 e. The molecule has 0 saturated carbocycles. The van der Waals surface area contributed by atoms with E-state index in [1.165, 1.54) is 13.2 Å². The van der Waals surface area contributed by atoms with Crippen molar-refractivity contribution in [3.8, 4) is 0 Å². The number of benzene rings is 1. The molecule has 0 unspecified atom stereocenters. The number of carbonyl (C=O) groups excluding carboxylic acids is 1. The number of hydrogen-bond acceptors (Lipinski definition) is 3. The van der Waals surface area contributed by atoms with E-state index in [0.717, 1.165) is 16.3 Å². The molecule has 28 heavy (non-hydrogen) atoms. The molecule has 3 aromatic rings. The van der Waals surface area contributed by atoms with Crippen molar-refractivity contribution in [2.45, 2.75) is 20.0 Å². The average Bonchev–Trinajstić information content (AvgIpc) is 3.03. The Morgan fingerprint density at radius 3 is 2.57 bits per heavy atom. The highest BCUT2D eigenvalue weighted by Gasteiger charge is 2.39. The molecule has 9 heteroatoms. The summed E-state index contributed by atoms with van der Waals surface area (Å²) in [6, 6.07) is 7.32. The summed E-state index contributed by atoms with van der Waals surface area (Å²) in [7, 11) is 1.32. The Bertz CT molecular complexity index is 1100. The molecule has 1 N–H and O–H groups in total. The topological polar surface area (TPSA) is 59.8 Å². The Morgan fingerprint density at radius 2 is 1.89 bits per heavy atom. The standard InChI is InChI=1S/C19H16ClF3N4O/c1-10(16-12-6-4-5-7-15(12)24-8-14(16)20)11(2)25-18(28)13-9-27(3)26-17(13)19(21,22)23/h4-9H,1-3H3,(H,25,28)/b11-10-. The molecule has 2 heterocycles. The number of rotatable bonds is 3. The molecule has 0 saturated heterocycles. The third-order valence-corrected chi connectivity index (χ3v) is 4.60. The number of fused-ring (bicyclic) bond motifs is 1. The molecule has 0 fully saturated rings. The average molecular weight is 409 g/mol. The fraction of sp³-hybridized carbons (Fsp3) is 0.211. The van der Waals surface area contributed by atoms with Gasteiger partial charge in [-0.25, -0.2) is 0 Å². The number of nitrogens with one attached hydrogen (secondary N) is 1. The van der Waals surface area contributed by atoms with E-state index in [0.29, 0.717) is 27.4 Å². The third kappa shape index (κ3) is 3.73. The number of aryl methyl sites for hydroxylation is 1. The van der Waals surface area contributed by atoms with Crippen LogP contribution in [-0.4, -0.2) is 20.7 Å². The minimum Gasteiger partial charge on any atom is -0.326 e. The Labute approximate surface area is 163 Å². The van der Waals surface area contributed by atoms with Crippen molar-refractivity contribution in [3.63, 3.8) is 0 Å². The van der Waals surface area contributed by atoms with Crippen LogP contribution >= 0.6 is 11.6 Å². The highest BCUT2D eigenvalue weighted by atomic mass is 35.5. The van der Waals surface area contributed by atoms with Crippen molar-refractivity contribution in [1.29, 1.82) is 0 Å². The van der Waals surface area contributed by atoms with Crippen LogP contribution in [0.15, 0.2) is 42.4 Å². The zero-order valence-electron chi connectivity index (χ0n) is 15.2. The fourth-order valence-electron chi connectivity index (χ4n) is 2.88. The lowest BCUT2D eigenvalue weighted by Gasteiger charge is -2.14. The smallest absolute Gasteiger partial charge is 0.326 e. The number of allylic oxidation sites excluding steroid dienone is 2. The highest BCUT2D eigenvalue weighted by molar-refractivity contribution is 6.33. The monoisotopic (exact) mass is 408 g/mol. The minimum absolute atomic E-state index is 0.375. The number of halogens is 4. The van der Waals surface area contributed by atoms with Crippen LogP contribution in [0.5, 0.6) is 0 Å². The van der Waals surface area contributed by atoms with Gasteiger partial charge in [-0.3, -0.25) is 14.5 Å². The van der Waals surface area contributed by atoms with Gasteiger partial charge in [0.05, 0.1) is 16.1 Å². The number of hydrogen-bond donors (Lipinski definition) is 1. The quantitative estimate of drug-likeness (QED) is 0.675. The van der Waals surface area contributed by atoms with Gasteiger partial charge in [-0.1, -0.05) is 29.8 Å². The first-order chi connectivity index (χ1) is 13.1. The second kappa shape index (κ2) is 7.27. The Balaban J connectivity index is 2.01. The number of amides is 1. The predicted molar refractivity (Wildman–Crippen MR) is 101 cm³/mol. The number of pyridine rings is 1. The van der Waals surface area contributed by atoms with Gasteiger partial charge in [-0.2, -0.15) is 18.3 Å². The molecule has 0 atom stereocenters. The van der Waals surface area contributed by atoms with Crippen LogP contribution in [0.25, 0.3) is 16.5 Å². The first-order valence-corrected chi connectivity index (χ1v) is 8.60. The molecule has 1 amide bonds. The van der Waals surface area contributed by atoms with Gasteiger partial charge in [0.2, 0.25) is 0 Å². The van der Waals surface area contributed by atoms with Crippen LogP contribution in [0.3, 0.4) is 0 Å². The molecule has 0 aliphatic heterocycles. The maximum absolute atomic E-state index is 13.1. The van der Waals surface area contributed by atoms with Gasteiger partial charge < -0.3 is 5.32 Å². The van der Waals surface area contributed by atoms with Gasteiger partial charge in [-0.05, 0) is 25.5 Å². The van der Waals surface area contributed by atoms with E-state index in [2.05, 4.69) is 15.4 Å². The molecule has 0 radical (unpaired) electrons. The van der Waals surface area contributed by atoms with Gasteiger partial charge in [0.25, 0.3) is 5.91 Å². The number of alkyl halides is 3. The van der Waals surface area contributed by atoms with E-state index in [4.69, 9.17) is 11.6 Å². The van der Waals surface area contributed by atoms with Crippen LogP contribution < -0.4 is 5.32 Å². The summed E-state index contributed by atoms with van der Waals surface area (Å²) in [6.07, 6.45) is -2.19. The SMILES string of the molecule is C/C(NC(=O)c1cn(C)nc1C(F)(F)F)=C(\C)c1c(Cl)cnc2ccccc12. The molecule has 0 aliphatic carbocycles. The first kappa shape index (κ1) is 19.9. The van der Waals surface area contributed by atoms with Crippen LogP contribution in [0.2, 0.25) is 5.02 Å². The van der Waals surface area contributed by atoms with E-state index in [1.54, 1.807) is 13.8 Å². The summed E-state index contributed by atoms with van der Waals surface area (Å²) in [4.78, 5) is 16.7. The Hall–Kier alpha value is -2.87. The summed E-state index contributed by atoms with van der Waals surface area (Å²) < 4.78 is 40.3. The van der Waals surface area contributed by atoms with Crippen LogP contribution in [-0.2, 0) is 13.2 Å². The minimum atomic E-state index is -4.73. The third-order valence-electron chi connectivity index (χ3n) is 4.31. The molecule has 3 rings (SSSR count). The predicted octanol–water partition coefficient (Wildman–Crippen LogP) is 4.82. The second-order valence-electron chi connectivity index (χ2n) is 6.27. The van der Waals surface area contributed by atoms with E-state index in [9.17, 15) is 18.0 Å². The molecule has 0 spiro atoms. The molecular weight excluding hydrogens is 393 g/mol. The largest absolute Gasteiger partial charge is 0.435 e. The number of nitrogens with zero attached hydrogens (tertiary/aromatic N) is 3. The number of para-hydroxylation sites is 1. The number of carbonyl (C=O) groups is 1. The first-order valence-electron chi connectivity index (χ1n) is 8.23. The lowest BCUT2D eigenvalue weighted by atomic mass is 10.0. The molecule has 0 aliphatic rings. The highest BCUT2D eigenvalue weighted by Crippen LogP contribution is 2.33. The van der Waals surface area contributed by atoms with E-state index >= 15 is 0 Å². The Kier molecular flexibility index (Phi) is 5.16. The number of aromatic nitrogens is 3. The lowest BCUT2D eigenvalue weighted by Crippen LogP contribution is -2.24. The molecule has 1 aromatic carbocycles. The second-order valence-corrected chi connectivity index (χ2v) is 6.67. The van der Waals surface area contributed by atoms with Crippen molar-refractivity contribution in [2.75, 3.05) is 0 Å². The van der Waals surface area contributed by atoms with Gasteiger partial charge in [0.1, 0.15) is 0 Å². The van der Waals surface area contributed by atoms with Crippen molar-refractivity contribution < 1.29 is 18.0 Å². The van der Waals surface area contributed by atoms with Crippen molar-refractivity contribution >= 4 is 34.0 Å². The van der Waals surface area contributed by atoms with Crippen LogP contribution in [0.1, 0.15) is 35.5 Å². The van der Waals surface area contributed by atoms with E-state index in [1.807, 2.05) is 24.3 Å². The van der Waals surface area contributed by atoms with Crippen molar-refractivity contribution in [2.24, 2.45) is 7.05 Å². The van der Waals surface area contributed by atoms with Gasteiger partial charge >= 0.3 is 6.18 Å². The zero-order chi connectivity index (χ0) is 20.6. The van der Waals surface area contributed by atoms with Gasteiger partial charge in [0, 0.05) is 36.1 Å². The maximum atomic E-state index is 13.1. The summed E-state index contributed by atoms with van der Waals surface area (Å²) in [6.45, 7) is 3.33. The summed E-state index contributed by atoms with van der Waals surface area (Å²) in [5.41, 5.74) is 0.590. The van der Waals surface area contributed by atoms with Gasteiger partial charge in [0.15, 0.2) is 5.69 Å². The van der Waals surface area contributed by atoms with Crippen molar-refractivity contribution in [1.82, 2.24) is 20.1 Å². The summed E-state index contributed by atoms with van der Waals surface area (Å²) >= 11 is 6.31. The molecule has 2 aromatic heterocycles. The molecule has 0 bridgehead atoms. The summed E-state index contributed by atoms with van der Waals surface area (Å²) in [5, 5.41) is 7.03. The fourth-order valence-corrected chi connectivity index (χ4v) is 3.17.